The highest BCUT2D eigenvalue weighted by Crippen LogP contribution is 2.36. The number of aliphatic imine (C=N–C) groups is 1. The van der Waals surface area contributed by atoms with Crippen molar-refractivity contribution in [3.63, 3.8) is 0 Å². The maximum Gasteiger partial charge on any atom is 0.335 e. The molecule has 1 N–H and O–H groups in total. The SMILES string of the molecule is Cc1cc(/C=C2/SC(=Nc3ccccc3)N(Cc3ccc(C(=O)O)cc3)C2=O)c(C)n1-c1cccc(Br)c1. The molecule has 0 unspecified atom stereocenters. The van der Waals surface area contributed by atoms with Crippen LogP contribution in [0.3, 0.4) is 0 Å². The van der Waals surface area contributed by atoms with Crippen molar-refractivity contribution in [1.82, 2.24) is 9.47 Å². The van der Waals surface area contributed by atoms with E-state index in [1.807, 2.05) is 55.5 Å². The number of aryl methyl sites for hydroxylation is 1. The van der Waals surface area contributed by atoms with E-state index in [2.05, 4.69) is 45.6 Å². The quantitative estimate of drug-likeness (QED) is 0.240. The summed E-state index contributed by atoms with van der Waals surface area (Å²) in [5.74, 6) is -1.12. The second kappa shape index (κ2) is 10.8. The molecular formula is C30H24BrN3O3S. The van der Waals surface area contributed by atoms with E-state index < -0.39 is 5.97 Å². The normalized spacial score (nSPS) is 15.6. The van der Waals surface area contributed by atoms with Gasteiger partial charge in [-0.2, -0.15) is 0 Å². The fourth-order valence-electron chi connectivity index (χ4n) is 4.37. The predicted octanol–water partition coefficient (Wildman–Crippen LogP) is 7.36. The lowest BCUT2D eigenvalue weighted by molar-refractivity contribution is -0.122. The van der Waals surface area contributed by atoms with Crippen LogP contribution >= 0.6 is 27.7 Å². The van der Waals surface area contributed by atoms with Gasteiger partial charge >= 0.3 is 5.97 Å². The number of carboxylic acids is 1. The van der Waals surface area contributed by atoms with Gasteiger partial charge in [-0.05, 0) is 91.3 Å². The van der Waals surface area contributed by atoms with Crippen molar-refractivity contribution >= 4 is 56.5 Å². The average molecular weight is 587 g/mol. The van der Waals surface area contributed by atoms with Crippen molar-refractivity contribution in [1.29, 1.82) is 0 Å². The number of para-hydroxylation sites is 1. The van der Waals surface area contributed by atoms with Gasteiger partial charge in [-0.25, -0.2) is 9.79 Å². The van der Waals surface area contributed by atoms with Crippen LogP contribution in [0.1, 0.15) is 32.9 Å². The Morgan fingerprint density at radius 3 is 2.42 bits per heavy atom. The van der Waals surface area contributed by atoms with Crippen LogP contribution < -0.4 is 0 Å². The molecule has 3 aromatic carbocycles. The van der Waals surface area contributed by atoms with Gasteiger partial charge in [0.15, 0.2) is 5.17 Å². The molecule has 0 saturated carbocycles. The summed E-state index contributed by atoms with van der Waals surface area (Å²) in [6, 6.07) is 26.3. The zero-order valence-electron chi connectivity index (χ0n) is 20.8. The Hall–Kier alpha value is -3.88. The first-order chi connectivity index (χ1) is 18.3. The number of halogens is 1. The lowest BCUT2D eigenvalue weighted by atomic mass is 10.1. The fourth-order valence-corrected chi connectivity index (χ4v) is 5.74. The monoisotopic (exact) mass is 585 g/mol. The van der Waals surface area contributed by atoms with E-state index in [0.717, 1.165) is 38.4 Å². The van der Waals surface area contributed by atoms with Crippen molar-refractivity contribution in [2.75, 3.05) is 0 Å². The highest BCUT2D eigenvalue weighted by molar-refractivity contribution is 9.10. The third-order valence-corrected chi connectivity index (χ3v) is 7.73. The van der Waals surface area contributed by atoms with Crippen LogP contribution in [0.25, 0.3) is 11.8 Å². The average Bonchev–Trinajstić information content (AvgIpc) is 3.34. The third-order valence-electron chi connectivity index (χ3n) is 6.23. The Morgan fingerprint density at radius 1 is 1.00 bits per heavy atom. The van der Waals surface area contributed by atoms with Gasteiger partial charge in [0.05, 0.1) is 22.7 Å². The second-order valence-corrected chi connectivity index (χ2v) is 10.8. The lowest BCUT2D eigenvalue weighted by Gasteiger charge is -2.16. The van der Waals surface area contributed by atoms with E-state index in [1.54, 1.807) is 29.2 Å². The van der Waals surface area contributed by atoms with Gasteiger partial charge in [-0.15, -0.1) is 0 Å². The number of carbonyl (C=O) groups is 2. The van der Waals surface area contributed by atoms with Crippen LogP contribution in [0.4, 0.5) is 5.69 Å². The smallest absolute Gasteiger partial charge is 0.335 e. The summed E-state index contributed by atoms with van der Waals surface area (Å²) in [5, 5.41) is 9.79. The molecule has 190 valence electrons. The Balaban J connectivity index is 1.51. The minimum absolute atomic E-state index is 0.140. The summed E-state index contributed by atoms with van der Waals surface area (Å²) in [6.07, 6.45) is 1.93. The molecule has 0 aliphatic carbocycles. The van der Waals surface area contributed by atoms with E-state index in [-0.39, 0.29) is 18.0 Å². The topological polar surface area (TPSA) is 74.9 Å². The summed E-state index contributed by atoms with van der Waals surface area (Å²) in [7, 11) is 0. The van der Waals surface area contributed by atoms with Gasteiger partial charge in [0.2, 0.25) is 0 Å². The summed E-state index contributed by atoms with van der Waals surface area (Å²) < 4.78 is 3.17. The molecule has 4 aromatic rings. The maximum atomic E-state index is 13.7. The lowest BCUT2D eigenvalue weighted by Crippen LogP contribution is -2.28. The molecule has 0 spiro atoms. The number of thioether (sulfide) groups is 1. The van der Waals surface area contributed by atoms with Gasteiger partial charge in [0.25, 0.3) is 5.91 Å². The summed E-state index contributed by atoms with van der Waals surface area (Å²) in [4.78, 5) is 31.9. The number of carboxylic acid groups (broad SMARTS) is 1. The van der Waals surface area contributed by atoms with Crippen molar-refractivity contribution in [3.8, 4) is 5.69 Å². The molecule has 1 saturated heterocycles. The molecule has 1 amide bonds. The first-order valence-electron chi connectivity index (χ1n) is 11.9. The number of carbonyl (C=O) groups excluding carboxylic acids is 1. The van der Waals surface area contributed by atoms with E-state index >= 15 is 0 Å². The van der Waals surface area contributed by atoms with Crippen molar-refractivity contribution in [2.24, 2.45) is 4.99 Å². The van der Waals surface area contributed by atoms with Gasteiger partial charge in [-0.1, -0.05) is 52.3 Å². The number of amides is 1. The molecule has 1 fully saturated rings. The Kier molecular flexibility index (Phi) is 7.35. The molecule has 1 aliphatic rings. The van der Waals surface area contributed by atoms with Crippen LogP contribution in [0, 0.1) is 13.8 Å². The highest BCUT2D eigenvalue weighted by atomic mass is 79.9. The standard InChI is InChI=1S/C30H24BrN3O3S/c1-19-15-23(20(2)34(19)26-10-6-7-24(31)17-26)16-27-28(35)33(18-21-11-13-22(14-12-21)29(36)37)30(38-27)32-25-8-4-3-5-9-25/h3-17H,18H2,1-2H3,(H,36,37)/b27-16+,32-30?. The number of benzene rings is 3. The molecule has 38 heavy (non-hydrogen) atoms. The number of aromatic nitrogens is 1. The molecule has 8 heteroatoms. The summed E-state index contributed by atoms with van der Waals surface area (Å²) >= 11 is 4.89. The molecular weight excluding hydrogens is 562 g/mol. The highest BCUT2D eigenvalue weighted by Gasteiger charge is 2.34. The van der Waals surface area contributed by atoms with E-state index in [0.29, 0.717) is 10.1 Å². The van der Waals surface area contributed by atoms with Crippen molar-refractivity contribution in [3.05, 3.63) is 122 Å². The number of amidine groups is 1. The van der Waals surface area contributed by atoms with Crippen molar-refractivity contribution in [2.45, 2.75) is 20.4 Å². The zero-order chi connectivity index (χ0) is 26.8. The summed E-state index contributed by atoms with van der Waals surface area (Å²) in [6.45, 7) is 4.38. The molecule has 0 bridgehead atoms. The van der Waals surface area contributed by atoms with Gasteiger partial charge in [-0.3, -0.25) is 9.69 Å². The van der Waals surface area contributed by atoms with Gasteiger partial charge in [0.1, 0.15) is 0 Å². The van der Waals surface area contributed by atoms with E-state index in [9.17, 15) is 14.7 Å². The number of hydrogen-bond donors (Lipinski definition) is 1. The molecule has 1 aliphatic heterocycles. The molecule has 6 nitrogen and oxygen atoms in total. The zero-order valence-corrected chi connectivity index (χ0v) is 23.2. The second-order valence-electron chi connectivity index (χ2n) is 8.88. The number of aromatic carboxylic acids is 1. The Morgan fingerprint density at radius 2 is 1.74 bits per heavy atom. The van der Waals surface area contributed by atoms with Crippen LogP contribution in [0.5, 0.6) is 0 Å². The van der Waals surface area contributed by atoms with E-state index in [1.165, 1.54) is 11.8 Å². The first kappa shape index (κ1) is 25.8. The molecule has 1 aromatic heterocycles. The van der Waals surface area contributed by atoms with Gasteiger partial charge < -0.3 is 9.67 Å². The molecule has 5 rings (SSSR count). The predicted molar refractivity (Wildman–Crippen MR) is 156 cm³/mol. The first-order valence-corrected chi connectivity index (χ1v) is 13.5. The minimum atomic E-state index is -0.985. The minimum Gasteiger partial charge on any atom is -0.478 e. The largest absolute Gasteiger partial charge is 0.478 e. The third kappa shape index (κ3) is 5.37. The van der Waals surface area contributed by atoms with Crippen LogP contribution in [-0.2, 0) is 11.3 Å². The molecule has 0 atom stereocenters. The number of nitrogens with zero attached hydrogens (tertiary/aromatic N) is 3. The number of rotatable bonds is 6. The van der Waals surface area contributed by atoms with Gasteiger partial charge in [0, 0.05) is 21.5 Å². The fraction of sp³-hybridized carbons (Fsp3) is 0.100. The van der Waals surface area contributed by atoms with Crippen LogP contribution in [0.15, 0.2) is 99.3 Å². The van der Waals surface area contributed by atoms with E-state index in [4.69, 9.17) is 4.99 Å². The Bertz CT molecular complexity index is 1590. The van der Waals surface area contributed by atoms with Crippen molar-refractivity contribution < 1.29 is 14.7 Å². The molecule has 0 radical (unpaired) electrons. The Labute approximate surface area is 233 Å². The summed E-state index contributed by atoms with van der Waals surface area (Å²) in [5.41, 5.74) is 5.88. The van der Waals surface area contributed by atoms with Crippen LogP contribution in [-0.4, -0.2) is 31.6 Å². The maximum absolute atomic E-state index is 13.7. The molecule has 2 heterocycles. The number of hydrogen-bond acceptors (Lipinski definition) is 4. The van der Waals surface area contributed by atoms with Crippen LogP contribution in [0.2, 0.25) is 0 Å².